The predicted octanol–water partition coefficient (Wildman–Crippen LogP) is 2.83. The highest BCUT2D eigenvalue weighted by Crippen LogP contribution is 2.33. The van der Waals surface area contributed by atoms with E-state index in [2.05, 4.69) is 23.2 Å². The van der Waals surface area contributed by atoms with Gasteiger partial charge in [-0.25, -0.2) is 0 Å². The van der Waals surface area contributed by atoms with Crippen LogP contribution in [0.3, 0.4) is 0 Å². The van der Waals surface area contributed by atoms with Crippen LogP contribution in [-0.4, -0.2) is 55.8 Å². The summed E-state index contributed by atoms with van der Waals surface area (Å²) in [4.78, 5) is 14.9. The van der Waals surface area contributed by atoms with E-state index in [-0.39, 0.29) is 18.1 Å². The Labute approximate surface area is 157 Å². The van der Waals surface area contributed by atoms with Gasteiger partial charge in [0.2, 0.25) is 0 Å². The van der Waals surface area contributed by atoms with Crippen LogP contribution >= 0.6 is 0 Å². The Morgan fingerprint density at radius 1 is 1.19 bits per heavy atom. The van der Waals surface area contributed by atoms with Gasteiger partial charge >= 0.3 is 0 Å². The molecule has 0 spiro atoms. The molecule has 0 radical (unpaired) electrons. The van der Waals surface area contributed by atoms with Crippen molar-refractivity contribution >= 4 is 5.91 Å². The normalized spacial score (nSPS) is 20.5. The lowest BCUT2D eigenvalue weighted by Gasteiger charge is -2.48. The minimum atomic E-state index is -0.0387. The van der Waals surface area contributed by atoms with Crippen molar-refractivity contribution in [3.8, 4) is 5.75 Å². The molecule has 2 fully saturated rings. The number of nitrogens with one attached hydrogen (secondary N) is 1. The summed E-state index contributed by atoms with van der Waals surface area (Å²) in [5, 5.41) is 3.15. The van der Waals surface area contributed by atoms with E-state index in [0.717, 1.165) is 50.5 Å². The van der Waals surface area contributed by atoms with Gasteiger partial charge in [0.1, 0.15) is 5.75 Å². The van der Waals surface area contributed by atoms with E-state index >= 15 is 0 Å². The summed E-state index contributed by atoms with van der Waals surface area (Å²) in [6.45, 7) is 8.38. The molecule has 1 N–H and O–H groups in total. The van der Waals surface area contributed by atoms with Crippen molar-refractivity contribution in [2.45, 2.75) is 51.5 Å². The SMILES string of the molecule is Cc1ccc(OCC(=O)NCC2(N3CCOCC3)CCCCC2)c(C)c1. The first-order chi connectivity index (χ1) is 12.6. The monoisotopic (exact) mass is 360 g/mol. The smallest absolute Gasteiger partial charge is 0.258 e. The van der Waals surface area contributed by atoms with E-state index < -0.39 is 0 Å². The number of amides is 1. The van der Waals surface area contributed by atoms with Crippen molar-refractivity contribution in [3.63, 3.8) is 0 Å². The Morgan fingerprint density at radius 2 is 1.92 bits per heavy atom. The van der Waals surface area contributed by atoms with Crippen LogP contribution in [0.25, 0.3) is 0 Å². The predicted molar refractivity (Wildman–Crippen MR) is 103 cm³/mol. The standard InChI is InChI=1S/C21H32N2O3/c1-17-6-7-19(18(2)14-17)26-15-20(24)22-16-21(8-4-3-5-9-21)23-10-12-25-13-11-23/h6-7,14H,3-5,8-13,15-16H2,1-2H3,(H,22,24). The number of nitrogens with zero attached hydrogens (tertiary/aromatic N) is 1. The summed E-state index contributed by atoms with van der Waals surface area (Å²) < 4.78 is 11.2. The Kier molecular flexibility index (Phi) is 6.54. The first-order valence-electron chi connectivity index (χ1n) is 9.89. The van der Waals surface area contributed by atoms with Crippen LogP contribution in [0.15, 0.2) is 18.2 Å². The molecule has 0 aromatic heterocycles. The zero-order valence-corrected chi connectivity index (χ0v) is 16.2. The summed E-state index contributed by atoms with van der Waals surface area (Å²) in [5.41, 5.74) is 2.36. The molecule has 1 aromatic rings. The van der Waals surface area contributed by atoms with Gasteiger partial charge in [-0.2, -0.15) is 0 Å². The van der Waals surface area contributed by atoms with Crippen molar-refractivity contribution in [2.24, 2.45) is 0 Å². The lowest BCUT2D eigenvalue weighted by atomic mass is 9.79. The Balaban J connectivity index is 1.53. The summed E-state index contributed by atoms with van der Waals surface area (Å²) >= 11 is 0. The number of carbonyl (C=O) groups excluding carboxylic acids is 1. The molecule has 26 heavy (non-hydrogen) atoms. The van der Waals surface area contributed by atoms with Gasteiger partial charge in [0.05, 0.1) is 13.2 Å². The van der Waals surface area contributed by atoms with Gasteiger partial charge in [-0.15, -0.1) is 0 Å². The quantitative estimate of drug-likeness (QED) is 0.848. The fourth-order valence-electron chi connectivity index (χ4n) is 4.27. The largest absolute Gasteiger partial charge is 0.484 e. The number of hydrogen-bond donors (Lipinski definition) is 1. The average molecular weight is 360 g/mol. The summed E-state index contributed by atoms with van der Waals surface area (Å²) in [7, 11) is 0. The molecule has 1 heterocycles. The third-order valence-electron chi connectivity index (χ3n) is 5.77. The molecule has 5 nitrogen and oxygen atoms in total. The van der Waals surface area contributed by atoms with Gasteiger partial charge in [-0.1, -0.05) is 37.0 Å². The molecular weight excluding hydrogens is 328 g/mol. The molecule has 2 aliphatic rings. The molecule has 0 unspecified atom stereocenters. The first kappa shape index (κ1) is 19.2. The number of carbonyl (C=O) groups is 1. The third kappa shape index (κ3) is 4.77. The number of hydrogen-bond acceptors (Lipinski definition) is 4. The molecule has 144 valence electrons. The molecule has 3 rings (SSSR count). The second-order valence-corrected chi connectivity index (χ2v) is 7.72. The molecule has 5 heteroatoms. The van der Waals surface area contributed by atoms with Gasteiger partial charge in [0.25, 0.3) is 5.91 Å². The van der Waals surface area contributed by atoms with Gasteiger partial charge in [0.15, 0.2) is 6.61 Å². The summed E-state index contributed by atoms with van der Waals surface area (Å²) in [6, 6.07) is 6.02. The van der Waals surface area contributed by atoms with E-state index in [1.807, 2.05) is 19.1 Å². The number of ether oxygens (including phenoxy) is 2. The Bertz CT molecular complexity index is 605. The minimum absolute atomic E-state index is 0.0387. The van der Waals surface area contributed by atoms with Crippen LogP contribution in [0.1, 0.15) is 43.2 Å². The van der Waals surface area contributed by atoms with Crippen LogP contribution in [0, 0.1) is 13.8 Å². The van der Waals surface area contributed by atoms with Crippen molar-refractivity contribution in [2.75, 3.05) is 39.5 Å². The van der Waals surface area contributed by atoms with E-state index in [9.17, 15) is 4.79 Å². The molecule has 1 aromatic carbocycles. The maximum absolute atomic E-state index is 12.4. The summed E-state index contributed by atoms with van der Waals surface area (Å²) in [5.74, 6) is 0.745. The van der Waals surface area contributed by atoms with Crippen molar-refractivity contribution in [3.05, 3.63) is 29.3 Å². The van der Waals surface area contributed by atoms with E-state index in [1.165, 1.54) is 24.8 Å². The lowest BCUT2D eigenvalue weighted by Crippen LogP contribution is -2.60. The maximum atomic E-state index is 12.4. The molecule has 1 amide bonds. The number of morpholine rings is 1. The molecule has 0 bridgehead atoms. The molecular formula is C21H32N2O3. The second-order valence-electron chi connectivity index (χ2n) is 7.72. The maximum Gasteiger partial charge on any atom is 0.258 e. The molecule has 1 aliphatic heterocycles. The Hall–Kier alpha value is -1.59. The van der Waals surface area contributed by atoms with Crippen molar-refractivity contribution in [1.29, 1.82) is 0 Å². The topological polar surface area (TPSA) is 50.8 Å². The van der Waals surface area contributed by atoms with Crippen LogP contribution < -0.4 is 10.1 Å². The summed E-state index contributed by atoms with van der Waals surface area (Å²) in [6.07, 6.45) is 6.10. The van der Waals surface area contributed by atoms with Gasteiger partial charge in [-0.3, -0.25) is 9.69 Å². The highest BCUT2D eigenvalue weighted by atomic mass is 16.5. The molecule has 1 saturated carbocycles. The van der Waals surface area contributed by atoms with Crippen LogP contribution in [-0.2, 0) is 9.53 Å². The number of benzene rings is 1. The molecule has 1 saturated heterocycles. The minimum Gasteiger partial charge on any atom is -0.484 e. The second kappa shape index (κ2) is 8.87. The fourth-order valence-corrected chi connectivity index (χ4v) is 4.27. The lowest BCUT2D eigenvalue weighted by molar-refractivity contribution is -0.124. The first-order valence-corrected chi connectivity index (χ1v) is 9.89. The highest BCUT2D eigenvalue weighted by molar-refractivity contribution is 5.77. The van der Waals surface area contributed by atoms with Crippen LogP contribution in [0.4, 0.5) is 0 Å². The van der Waals surface area contributed by atoms with Crippen molar-refractivity contribution < 1.29 is 14.3 Å². The van der Waals surface area contributed by atoms with Crippen LogP contribution in [0.5, 0.6) is 5.75 Å². The highest BCUT2D eigenvalue weighted by Gasteiger charge is 2.38. The van der Waals surface area contributed by atoms with Gasteiger partial charge in [0, 0.05) is 25.2 Å². The van der Waals surface area contributed by atoms with Gasteiger partial charge < -0.3 is 14.8 Å². The van der Waals surface area contributed by atoms with Crippen molar-refractivity contribution in [1.82, 2.24) is 10.2 Å². The van der Waals surface area contributed by atoms with E-state index in [1.54, 1.807) is 0 Å². The molecule has 1 aliphatic carbocycles. The van der Waals surface area contributed by atoms with E-state index in [0.29, 0.717) is 6.54 Å². The van der Waals surface area contributed by atoms with Gasteiger partial charge in [-0.05, 0) is 38.3 Å². The number of aryl methyl sites for hydroxylation is 2. The third-order valence-corrected chi connectivity index (χ3v) is 5.77. The fraction of sp³-hybridized carbons (Fsp3) is 0.667. The van der Waals surface area contributed by atoms with E-state index in [4.69, 9.17) is 9.47 Å². The van der Waals surface area contributed by atoms with Crippen LogP contribution in [0.2, 0.25) is 0 Å². The zero-order chi connectivity index (χ0) is 18.4. The average Bonchev–Trinajstić information content (AvgIpc) is 2.67. The molecule has 0 atom stereocenters. The zero-order valence-electron chi connectivity index (χ0n) is 16.2. The number of rotatable bonds is 6. The Morgan fingerprint density at radius 3 is 2.62 bits per heavy atom.